The van der Waals surface area contributed by atoms with E-state index in [9.17, 15) is 14.7 Å². The highest BCUT2D eigenvalue weighted by atomic mass is 32.1. The van der Waals surface area contributed by atoms with E-state index in [1.807, 2.05) is 0 Å². The van der Waals surface area contributed by atoms with Crippen LogP contribution in [0.5, 0.6) is 5.75 Å². The van der Waals surface area contributed by atoms with E-state index in [-0.39, 0.29) is 11.3 Å². The Balaban J connectivity index is 2.46. The number of rotatable bonds is 3. The molecule has 0 aliphatic carbocycles. The zero-order valence-corrected chi connectivity index (χ0v) is 9.40. The third-order valence-electron chi connectivity index (χ3n) is 2.25. The monoisotopic (exact) mass is 248 g/mol. The molecule has 2 rings (SSSR count). The molecule has 2 aromatic rings. The number of carboxylic acid groups (broad SMARTS) is 1. The zero-order chi connectivity index (χ0) is 12.4. The maximum absolute atomic E-state index is 10.7. The minimum Gasteiger partial charge on any atom is -0.507 e. The predicted molar refractivity (Wildman–Crippen MR) is 63.8 cm³/mol. The number of hydrogen-bond acceptors (Lipinski definition) is 4. The van der Waals surface area contributed by atoms with Gasteiger partial charge in [-0.3, -0.25) is 4.79 Å². The lowest BCUT2D eigenvalue weighted by Crippen LogP contribution is -1.95. The number of thiophene rings is 1. The van der Waals surface area contributed by atoms with Gasteiger partial charge in [0.1, 0.15) is 5.75 Å². The van der Waals surface area contributed by atoms with Crippen molar-refractivity contribution in [2.45, 2.75) is 0 Å². The lowest BCUT2D eigenvalue weighted by Gasteiger charge is -2.02. The van der Waals surface area contributed by atoms with Crippen LogP contribution in [0.2, 0.25) is 0 Å². The summed E-state index contributed by atoms with van der Waals surface area (Å²) in [5, 5.41) is 18.5. The molecule has 0 aliphatic rings. The lowest BCUT2D eigenvalue weighted by molar-refractivity contribution is 0.0696. The van der Waals surface area contributed by atoms with E-state index in [0.29, 0.717) is 10.4 Å². The Bertz CT molecular complexity index is 586. The number of phenols is 1. The van der Waals surface area contributed by atoms with Crippen LogP contribution in [0.4, 0.5) is 0 Å². The van der Waals surface area contributed by atoms with Crippen LogP contribution in [0.25, 0.3) is 10.4 Å². The molecule has 0 saturated heterocycles. The second-order valence-electron chi connectivity index (χ2n) is 3.36. The molecule has 4 nitrogen and oxygen atoms in total. The van der Waals surface area contributed by atoms with Crippen molar-refractivity contribution in [3.05, 3.63) is 40.8 Å². The van der Waals surface area contributed by atoms with Crippen LogP contribution in [0, 0.1) is 0 Å². The smallest absolute Gasteiger partial charge is 0.335 e. The molecule has 0 atom stereocenters. The second-order valence-corrected chi connectivity index (χ2v) is 4.47. The third kappa shape index (κ3) is 2.19. The normalized spacial score (nSPS) is 10.1. The summed E-state index contributed by atoms with van der Waals surface area (Å²) < 4.78 is 0. The summed E-state index contributed by atoms with van der Waals surface area (Å²) in [5.41, 5.74) is 0.548. The number of benzene rings is 1. The largest absolute Gasteiger partial charge is 0.507 e. The SMILES string of the molecule is O=Cc1ccc(-c2ccc(C(=O)O)cc2O)s1. The molecule has 1 aromatic heterocycles. The van der Waals surface area contributed by atoms with Crippen molar-refractivity contribution in [1.29, 1.82) is 0 Å². The van der Waals surface area contributed by atoms with Crippen molar-refractivity contribution in [2.75, 3.05) is 0 Å². The maximum atomic E-state index is 10.7. The quantitative estimate of drug-likeness (QED) is 0.819. The first kappa shape index (κ1) is 11.3. The Kier molecular flexibility index (Phi) is 2.93. The number of aldehydes is 1. The van der Waals surface area contributed by atoms with Gasteiger partial charge in [0.05, 0.1) is 10.4 Å². The van der Waals surface area contributed by atoms with E-state index in [1.54, 1.807) is 12.1 Å². The number of aromatic carboxylic acids is 1. The first-order valence-corrected chi connectivity index (χ1v) is 5.55. The number of carboxylic acids is 1. The molecular formula is C12H8O4S. The van der Waals surface area contributed by atoms with Crippen LogP contribution in [-0.4, -0.2) is 22.5 Å². The standard InChI is InChI=1S/C12H8O4S/c13-6-8-2-4-11(17-8)9-3-1-7(12(15)16)5-10(9)14/h1-6,14H,(H,15,16). The minimum absolute atomic E-state index is 0.0263. The fraction of sp³-hybridized carbons (Fsp3) is 0. The highest BCUT2D eigenvalue weighted by Crippen LogP contribution is 2.34. The van der Waals surface area contributed by atoms with Gasteiger partial charge in [0.25, 0.3) is 0 Å². The molecule has 86 valence electrons. The topological polar surface area (TPSA) is 74.6 Å². The Hall–Kier alpha value is -2.14. The summed E-state index contributed by atoms with van der Waals surface area (Å²) in [6.45, 7) is 0. The predicted octanol–water partition coefficient (Wildman–Crippen LogP) is 2.63. The summed E-state index contributed by atoms with van der Waals surface area (Å²) in [5.74, 6) is -1.20. The number of hydrogen-bond donors (Lipinski definition) is 2. The molecule has 1 aromatic carbocycles. The highest BCUT2D eigenvalue weighted by Gasteiger charge is 2.10. The van der Waals surface area contributed by atoms with Crippen molar-refractivity contribution in [3.8, 4) is 16.2 Å². The van der Waals surface area contributed by atoms with Gasteiger partial charge in [-0.2, -0.15) is 0 Å². The minimum atomic E-state index is -1.09. The molecular weight excluding hydrogens is 240 g/mol. The van der Waals surface area contributed by atoms with Gasteiger partial charge >= 0.3 is 5.97 Å². The second kappa shape index (κ2) is 4.39. The summed E-state index contributed by atoms with van der Waals surface area (Å²) in [6.07, 6.45) is 0.733. The zero-order valence-electron chi connectivity index (χ0n) is 8.58. The number of carbonyl (C=O) groups is 2. The van der Waals surface area contributed by atoms with E-state index in [4.69, 9.17) is 5.11 Å². The van der Waals surface area contributed by atoms with Gasteiger partial charge in [0.15, 0.2) is 6.29 Å². The molecule has 1 heterocycles. The third-order valence-corrected chi connectivity index (χ3v) is 3.30. The van der Waals surface area contributed by atoms with Crippen molar-refractivity contribution in [1.82, 2.24) is 0 Å². The van der Waals surface area contributed by atoms with Gasteiger partial charge in [-0.15, -0.1) is 11.3 Å². The van der Waals surface area contributed by atoms with Crippen molar-refractivity contribution in [2.24, 2.45) is 0 Å². The molecule has 0 spiro atoms. The van der Waals surface area contributed by atoms with Crippen molar-refractivity contribution < 1.29 is 19.8 Å². The van der Waals surface area contributed by atoms with Crippen molar-refractivity contribution in [3.63, 3.8) is 0 Å². The summed E-state index contributed by atoms with van der Waals surface area (Å²) in [4.78, 5) is 22.5. The maximum Gasteiger partial charge on any atom is 0.335 e. The summed E-state index contributed by atoms with van der Waals surface area (Å²) in [6, 6.07) is 7.50. The Labute approximate surface area is 101 Å². The van der Waals surface area contributed by atoms with Gasteiger partial charge in [-0.05, 0) is 30.3 Å². The fourth-order valence-corrected chi connectivity index (χ4v) is 2.29. The number of carbonyl (C=O) groups excluding carboxylic acids is 1. The molecule has 0 aliphatic heterocycles. The lowest BCUT2D eigenvalue weighted by atomic mass is 10.1. The van der Waals surface area contributed by atoms with Crippen LogP contribution < -0.4 is 0 Å². The van der Waals surface area contributed by atoms with E-state index >= 15 is 0 Å². The summed E-state index contributed by atoms with van der Waals surface area (Å²) in [7, 11) is 0. The average molecular weight is 248 g/mol. The van der Waals surface area contributed by atoms with E-state index in [0.717, 1.165) is 11.2 Å². The number of aromatic hydroxyl groups is 1. The Morgan fingerprint density at radius 2 is 2.00 bits per heavy atom. The number of phenolic OH excluding ortho intramolecular Hbond substituents is 1. The molecule has 17 heavy (non-hydrogen) atoms. The van der Waals surface area contributed by atoms with E-state index in [1.165, 1.54) is 29.5 Å². The first-order valence-electron chi connectivity index (χ1n) is 4.73. The molecule has 2 N–H and O–H groups in total. The van der Waals surface area contributed by atoms with Gasteiger partial charge in [0.2, 0.25) is 0 Å². The van der Waals surface area contributed by atoms with Gasteiger partial charge < -0.3 is 10.2 Å². The van der Waals surface area contributed by atoms with Gasteiger partial charge in [0, 0.05) is 10.4 Å². The highest BCUT2D eigenvalue weighted by molar-refractivity contribution is 7.17. The molecule has 0 amide bonds. The van der Waals surface area contributed by atoms with Crippen LogP contribution in [0.15, 0.2) is 30.3 Å². The van der Waals surface area contributed by atoms with Crippen LogP contribution in [0.3, 0.4) is 0 Å². The Morgan fingerprint density at radius 1 is 1.24 bits per heavy atom. The first-order chi connectivity index (χ1) is 8.11. The molecule has 0 fully saturated rings. The fourth-order valence-electron chi connectivity index (χ4n) is 1.43. The van der Waals surface area contributed by atoms with Crippen LogP contribution in [-0.2, 0) is 0 Å². The van der Waals surface area contributed by atoms with Gasteiger partial charge in [-0.1, -0.05) is 0 Å². The molecule has 0 radical (unpaired) electrons. The molecule has 0 saturated carbocycles. The van der Waals surface area contributed by atoms with E-state index in [2.05, 4.69) is 0 Å². The molecule has 5 heteroatoms. The molecule has 0 bridgehead atoms. The van der Waals surface area contributed by atoms with Gasteiger partial charge in [-0.25, -0.2) is 4.79 Å². The average Bonchev–Trinajstić information content (AvgIpc) is 2.77. The van der Waals surface area contributed by atoms with Crippen LogP contribution in [0.1, 0.15) is 20.0 Å². The van der Waals surface area contributed by atoms with Crippen molar-refractivity contribution >= 4 is 23.6 Å². The van der Waals surface area contributed by atoms with Crippen LogP contribution >= 0.6 is 11.3 Å². The molecule has 0 unspecified atom stereocenters. The summed E-state index contributed by atoms with van der Waals surface area (Å²) >= 11 is 1.24. The van der Waals surface area contributed by atoms with E-state index < -0.39 is 5.97 Å². The Morgan fingerprint density at radius 3 is 2.53 bits per heavy atom.